The summed E-state index contributed by atoms with van der Waals surface area (Å²) >= 11 is 0. The smallest absolute Gasteiger partial charge is 0.322 e. The Labute approximate surface area is 118 Å². The number of carbonyl (C=O) groups excluding carboxylic acids is 2. The molecule has 1 aromatic rings. The maximum Gasteiger partial charge on any atom is 0.322 e. The zero-order valence-electron chi connectivity index (χ0n) is 11.6. The number of urea groups is 1. The van der Waals surface area contributed by atoms with Gasteiger partial charge in [-0.15, -0.1) is 0 Å². The summed E-state index contributed by atoms with van der Waals surface area (Å²) in [5.74, 6) is -0.357. The van der Waals surface area contributed by atoms with Crippen molar-refractivity contribution in [1.29, 1.82) is 0 Å². The maximum absolute atomic E-state index is 12.2. The SMILES string of the molecule is CCCCCOCC1(c2ccccc2)NC(=O)NC1=O. The number of hydrogen-bond acceptors (Lipinski definition) is 3. The van der Waals surface area contributed by atoms with Gasteiger partial charge in [-0.05, 0) is 12.0 Å². The fourth-order valence-corrected chi connectivity index (χ4v) is 2.28. The molecule has 2 rings (SSSR count). The molecule has 3 amide bonds. The van der Waals surface area contributed by atoms with E-state index in [0.29, 0.717) is 6.61 Å². The van der Waals surface area contributed by atoms with Gasteiger partial charge in [-0.2, -0.15) is 0 Å². The van der Waals surface area contributed by atoms with E-state index in [2.05, 4.69) is 17.6 Å². The minimum absolute atomic E-state index is 0.151. The fourth-order valence-electron chi connectivity index (χ4n) is 2.28. The summed E-state index contributed by atoms with van der Waals surface area (Å²) in [4.78, 5) is 23.6. The number of nitrogens with one attached hydrogen (secondary N) is 2. The molecule has 0 saturated carbocycles. The molecular weight excluding hydrogens is 256 g/mol. The molecule has 5 heteroatoms. The number of rotatable bonds is 7. The van der Waals surface area contributed by atoms with Gasteiger partial charge in [0.2, 0.25) is 0 Å². The summed E-state index contributed by atoms with van der Waals surface area (Å²) in [6.07, 6.45) is 3.16. The van der Waals surface area contributed by atoms with Gasteiger partial charge in [-0.1, -0.05) is 50.1 Å². The van der Waals surface area contributed by atoms with E-state index in [4.69, 9.17) is 4.74 Å². The Hall–Kier alpha value is -1.88. The fraction of sp³-hybridized carbons (Fsp3) is 0.467. The molecule has 1 saturated heterocycles. The molecule has 0 radical (unpaired) electrons. The third-order valence-electron chi connectivity index (χ3n) is 3.42. The van der Waals surface area contributed by atoms with Crippen molar-refractivity contribution in [2.45, 2.75) is 31.7 Å². The number of imide groups is 1. The first-order valence-corrected chi connectivity index (χ1v) is 6.96. The van der Waals surface area contributed by atoms with Crippen LogP contribution in [0.3, 0.4) is 0 Å². The summed E-state index contributed by atoms with van der Waals surface area (Å²) < 4.78 is 5.62. The molecule has 5 nitrogen and oxygen atoms in total. The van der Waals surface area contributed by atoms with Crippen LogP contribution >= 0.6 is 0 Å². The van der Waals surface area contributed by atoms with Crippen LogP contribution in [0.25, 0.3) is 0 Å². The second kappa shape index (κ2) is 6.52. The van der Waals surface area contributed by atoms with Crippen molar-refractivity contribution in [2.24, 2.45) is 0 Å². The zero-order valence-corrected chi connectivity index (χ0v) is 11.6. The summed E-state index contributed by atoms with van der Waals surface area (Å²) in [6.45, 7) is 2.86. The van der Waals surface area contributed by atoms with Gasteiger partial charge in [-0.3, -0.25) is 10.1 Å². The Bertz CT molecular complexity index is 475. The average Bonchev–Trinajstić information content (AvgIpc) is 2.75. The van der Waals surface area contributed by atoms with Gasteiger partial charge in [0.25, 0.3) is 5.91 Å². The van der Waals surface area contributed by atoms with E-state index in [1.807, 2.05) is 30.3 Å². The van der Waals surface area contributed by atoms with Crippen LogP contribution < -0.4 is 10.6 Å². The van der Waals surface area contributed by atoms with E-state index in [9.17, 15) is 9.59 Å². The minimum atomic E-state index is -1.11. The lowest BCUT2D eigenvalue weighted by molar-refractivity contribution is -0.126. The summed E-state index contributed by atoms with van der Waals surface area (Å²) in [5.41, 5.74) is -0.372. The number of carbonyl (C=O) groups is 2. The lowest BCUT2D eigenvalue weighted by Crippen LogP contribution is -2.48. The van der Waals surface area contributed by atoms with Crippen molar-refractivity contribution in [3.8, 4) is 0 Å². The van der Waals surface area contributed by atoms with Gasteiger partial charge in [-0.25, -0.2) is 4.79 Å². The van der Waals surface area contributed by atoms with Crippen molar-refractivity contribution >= 4 is 11.9 Å². The molecule has 2 N–H and O–H groups in total. The Kier molecular flexibility index (Phi) is 4.74. The Morgan fingerprint density at radius 1 is 1.15 bits per heavy atom. The molecule has 0 aromatic heterocycles. The van der Waals surface area contributed by atoms with E-state index in [1.165, 1.54) is 0 Å². The van der Waals surface area contributed by atoms with Crippen LogP contribution in [0.2, 0.25) is 0 Å². The normalized spacial score (nSPS) is 21.6. The van der Waals surface area contributed by atoms with Crippen LogP contribution in [0, 0.1) is 0 Å². The maximum atomic E-state index is 12.2. The van der Waals surface area contributed by atoms with Crippen LogP contribution in [-0.4, -0.2) is 25.2 Å². The predicted molar refractivity (Wildman–Crippen MR) is 75.1 cm³/mol. The quantitative estimate of drug-likeness (QED) is 0.590. The highest BCUT2D eigenvalue weighted by molar-refractivity contribution is 6.07. The van der Waals surface area contributed by atoms with Gasteiger partial charge < -0.3 is 10.1 Å². The monoisotopic (exact) mass is 276 g/mol. The molecule has 108 valence electrons. The molecule has 0 aliphatic carbocycles. The van der Waals surface area contributed by atoms with E-state index in [0.717, 1.165) is 24.8 Å². The first-order valence-electron chi connectivity index (χ1n) is 6.96. The molecule has 1 fully saturated rings. The number of hydrogen-bond donors (Lipinski definition) is 2. The highest BCUT2D eigenvalue weighted by atomic mass is 16.5. The van der Waals surface area contributed by atoms with Gasteiger partial charge in [0.15, 0.2) is 5.54 Å². The molecule has 1 aliphatic rings. The van der Waals surface area contributed by atoms with Crippen molar-refractivity contribution in [3.63, 3.8) is 0 Å². The number of amides is 3. The van der Waals surface area contributed by atoms with E-state index < -0.39 is 11.6 Å². The van der Waals surface area contributed by atoms with Gasteiger partial charge in [0, 0.05) is 6.61 Å². The van der Waals surface area contributed by atoms with E-state index in [-0.39, 0.29) is 12.5 Å². The Morgan fingerprint density at radius 2 is 1.90 bits per heavy atom. The van der Waals surface area contributed by atoms with Crippen LogP contribution in [0.5, 0.6) is 0 Å². The molecule has 1 atom stereocenters. The molecule has 1 heterocycles. The number of benzene rings is 1. The molecule has 0 bridgehead atoms. The molecular formula is C15H20N2O3. The molecule has 0 spiro atoms. The molecule has 1 aliphatic heterocycles. The molecule has 1 unspecified atom stereocenters. The van der Waals surface area contributed by atoms with Crippen molar-refractivity contribution in [2.75, 3.05) is 13.2 Å². The van der Waals surface area contributed by atoms with Crippen molar-refractivity contribution < 1.29 is 14.3 Å². The van der Waals surface area contributed by atoms with Crippen molar-refractivity contribution in [1.82, 2.24) is 10.6 Å². The summed E-state index contributed by atoms with van der Waals surface area (Å²) in [5, 5.41) is 4.99. The van der Waals surface area contributed by atoms with Crippen molar-refractivity contribution in [3.05, 3.63) is 35.9 Å². The average molecular weight is 276 g/mol. The second-order valence-corrected chi connectivity index (χ2v) is 4.94. The predicted octanol–water partition coefficient (Wildman–Crippen LogP) is 1.93. The van der Waals surface area contributed by atoms with Gasteiger partial charge in [0.1, 0.15) is 0 Å². The standard InChI is InChI=1S/C15H20N2O3/c1-2-3-7-10-20-11-15(12-8-5-4-6-9-12)13(18)16-14(19)17-15/h4-6,8-9H,2-3,7,10-11H2,1H3,(H2,16,17,18,19). The van der Waals surface area contributed by atoms with Crippen LogP contribution in [0.1, 0.15) is 31.7 Å². The minimum Gasteiger partial charge on any atom is -0.378 e. The zero-order chi connectivity index (χ0) is 14.4. The van der Waals surface area contributed by atoms with Gasteiger partial charge in [0.05, 0.1) is 6.61 Å². The topological polar surface area (TPSA) is 67.4 Å². The Balaban J connectivity index is 2.10. The highest BCUT2D eigenvalue weighted by Gasteiger charge is 2.47. The van der Waals surface area contributed by atoms with E-state index in [1.54, 1.807) is 0 Å². The Morgan fingerprint density at radius 3 is 2.50 bits per heavy atom. The third-order valence-corrected chi connectivity index (χ3v) is 3.42. The molecule has 20 heavy (non-hydrogen) atoms. The first kappa shape index (κ1) is 14.5. The summed E-state index contributed by atoms with van der Waals surface area (Å²) in [6, 6.07) is 8.71. The van der Waals surface area contributed by atoms with Gasteiger partial charge >= 0.3 is 6.03 Å². The second-order valence-electron chi connectivity index (χ2n) is 4.94. The van der Waals surface area contributed by atoms with Crippen LogP contribution in [0.15, 0.2) is 30.3 Å². The van der Waals surface area contributed by atoms with E-state index >= 15 is 0 Å². The molecule has 1 aromatic carbocycles. The lowest BCUT2D eigenvalue weighted by Gasteiger charge is -2.26. The number of ether oxygens (including phenoxy) is 1. The van der Waals surface area contributed by atoms with Crippen LogP contribution in [-0.2, 0) is 15.1 Å². The number of unbranched alkanes of at least 4 members (excludes halogenated alkanes) is 2. The summed E-state index contributed by atoms with van der Waals surface area (Å²) in [7, 11) is 0. The lowest BCUT2D eigenvalue weighted by atomic mass is 9.91. The highest BCUT2D eigenvalue weighted by Crippen LogP contribution is 2.25. The third kappa shape index (κ3) is 2.99. The largest absolute Gasteiger partial charge is 0.378 e. The first-order chi connectivity index (χ1) is 9.69. The van der Waals surface area contributed by atoms with Crippen LogP contribution in [0.4, 0.5) is 4.79 Å².